The first-order valence-electron chi connectivity index (χ1n) is 6.84. The van der Waals surface area contributed by atoms with Crippen molar-refractivity contribution < 1.29 is 24.6 Å². The molecule has 0 N–H and O–H groups in total. The van der Waals surface area contributed by atoms with E-state index in [2.05, 4.69) is 0 Å². The van der Waals surface area contributed by atoms with E-state index in [-0.39, 0.29) is 12.2 Å². The number of rotatable bonds is 8. The highest BCUT2D eigenvalue weighted by Gasteiger charge is 2.55. The molecule has 5 nitrogen and oxygen atoms in total. The van der Waals surface area contributed by atoms with Crippen molar-refractivity contribution >= 4 is 17.7 Å². The van der Waals surface area contributed by atoms with E-state index >= 15 is 0 Å². The maximum atomic E-state index is 12.0. The number of ketones is 1. The number of carboxylic acid groups (broad SMARTS) is 2. The fraction of sp³-hybridized carbons (Fsp3) is 0.667. The van der Waals surface area contributed by atoms with Crippen molar-refractivity contribution in [1.82, 2.24) is 0 Å². The van der Waals surface area contributed by atoms with Gasteiger partial charge in [0.25, 0.3) is 0 Å². The second kappa shape index (κ2) is 5.77. The Kier molecular flexibility index (Phi) is 4.73. The van der Waals surface area contributed by atoms with Crippen LogP contribution in [0.3, 0.4) is 0 Å². The maximum absolute atomic E-state index is 12.0. The molecule has 0 saturated heterocycles. The smallest absolute Gasteiger partial charge is 0.160 e. The lowest BCUT2D eigenvalue weighted by molar-refractivity contribution is -0.335. The molecule has 0 aromatic carbocycles. The molecule has 1 atom stereocenters. The molecule has 112 valence electrons. The van der Waals surface area contributed by atoms with E-state index in [4.69, 9.17) is 0 Å². The summed E-state index contributed by atoms with van der Waals surface area (Å²) in [6.45, 7) is 5.69. The van der Waals surface area contributed by atoms with E-state index < -0.39 is 28.7 Å². The van der Waals surface area contributed by atoms with Crippen LogP contribution in [0.15, 0.2) is 12.2 Å². The molecule has 1 fully saturated rings. The molecule has 0 radical (unpaired) electrons. The topological polar surface area (TPSA) is 97.3 Å². The molecule has 0 spiro atoms. The second-order valence-corrected chi connectivity index (χ2v) is 6.07. The summed E-state index contributed by atoms with van der Waals surface area (Å²) in [5.41, 5.74) is -2.47. The molecule has 20 heavy (non-hydrogen) atoms. The predicted molar refractivity (Wildman–Crippen MR) is 68.0 cm³/mol. The van der Waals surface area contributed by atoms with Gasteiger partial charge >= 0.3 is 0 Å². The van der Waals surface area contributed by atoms with E-state index in [1.807, 2.05) is 20.8 Å². The van der Waals surface area contributed by atoms with Crippen molar-refractivity contribution in [3.63, 3.8) is 0 Å². The average Bonchev–Trinajstić information content (AvgIpc) is 3.09. The van der Waals surface area contributed by atoms with Crippen LogP contribution in [-0.2, 0) is 14.4 Å². The zero-order chi connectivity index (χ0) is 15.6. The number of carbonyl (C=O) groups excluding carboxylic acids is 3. The van der Waals surface area contributed by atoms with Gasteiger partial charge in [0, 0.05) is 5.41 Å². The standard InChI is InChI=1S/C15H22O5/c1-4-5-8-14(2,3)11(16)7-6-10-9-15(10,12(17)18)13(19)20/h6-7,10H,4-5,8-9H2,1-3H3,(H,17,18)(H,19,20)/p-2/b7-6+. The Morgan fingerprint density at radius 1 is 1.25 bits per heavy atom. The Bertz CT molecular complexity index is 433. The van der Waals surface area contributed by atoms with Gasteiger partial charge in [-0.2, -0.15) is 0 Å². The Hall–Kier alpha value is -1.65. The molecule has 0 bridgehead atoms. The van der Waals surface area contributed by atoms with Gasteiger partial charge in [-0.1, -0.05) is 39.7 Å². The first kappa shape index (κ1) is 16.4. The third kappa shape index (κ3) is 3.08. The van der Waals surface area contributed by atoms with Crippen molar-refractivity contribution in [2.75, 3.05) is 0 Å². The minimum Gasteiger partial charge on any atom is -0.549 e. The quantitative estimate of drug-likeness (QED) is 0.454. The van der Waals surface area contributed by atoms with Crippen molar-refractivity contribution in [3.8, 4) is 0 Å². The van der Waals surface area contributed by atoms with Gasteiger partial charge < -0.3 is 19.8 Å². The first-order valence-corrected chi connectivity index (χ1v) is 6.84. The lowest BCUT2D eigenvalue weighted by Gasteiger charge is -2.21. The molecule has 1 aliphatic carbocycles. The van der Waals surface area contributed by atoms with Gasteiger partial charge in [0.1, 0.15) is 0 Å². The summed E-state index contributed by atoms with van der Waals surface area (Å²) in [5.74, 6) is -4.14. The van der Waals surface area contributed by atoms with Gasteiger partial charge in [-0.05, 0) is 24.8 Å². The molecule has 0 heterocycles. The Morgan fingerprint density at radius 3 is 2.20 bits per heavy atom. The SMILES string of the molecule is CCCCC(C)(C)C(=O)/C=C/C1CC1(C(=O)[O-])C(=O)[O-]. The largest absolute Gasteiger partial charge is 0.549 e. The highest BCUT2D eigenvalue weighted by Crippen LogP contribution is 2.52. The van der Waals surface area contributed by atoms with Gasteiger partial charge in [-0.15, -0.1) is 0 Å². The summed E-state index contributed by atoms with van der Waals surface area (Å²) in [5, 5.41) is 21.7. The molecular weight excluding hydrogens is 260 g/mol. The van der Waals surface area contributed by atoms with Crippen molar-refractivity contribution in [2.24, 2.45) is 16.7 Å². The van der Waals surface area contributed by atoms with E-state index in [0.717, 1.165) is 19.3 Å². The average molecular weight is 280 g/mol. The lowest BCUT2D eigenvalue weighted by atomic mass is 9.82. The molecule has 5 heteroatoms. The van der Waals surface area contributed by atoms with Crippen LogP contribution in [-0.4, -0.2) is 17.7 Å². The Labute approximate surface area is 118 Å². The fourth-order valence-corrected chi connectivity index (χ4v) is 2.24. The Balaban J connectivity index is 2.69. The second-order valence-electron chi connectivity index (χ2n) is 6.07. The lowest BCUT2D eigenvalue weighted by Crippen LogP contribution is -2.46. The summed E-state index contributed by atoms with van der Waals surface area (Å²) in [6.07, 6.45) is 5.25. The molecule has 0 aromatic rings. The number of unbranched alkanes of at least 4 members (excludes halogenated alkanes) is 1. The normalized spacial score (nSPS) is 20.9. The molecule has 1 saturated carbocycles. The third-order valence-electron chi connectivity index (χ3n) is 4.05. The number of aliphatic carboxylic acids is 2. The van der Waals surface area contributed by atoms with Gasteiger partial charge in [0.15, 0.2) is 5.78 Å². The number of carbonyl (C=O) groups is 3. The summed E-state index contributed by atoms with van der Waals surface area (Å²) >= 11 is 0. The molecule has 1 unspecified atom stereocenters. The van der Waals surface area contributed by atoms with Crippen molar-refractivity contribution in [3.05, 3.63) is 12.2 Å². The molecule has 1 rings (SSSR count). The van der Waals surface area contributed by atoms with Crippen LogP contribution in [0.4, 0.5) is 0 Å². The van der Waals surface area contributed by atoms with Crippen LogP contribution < -0.4 is 10.2 Å². The van der Waals surface area contributed by atoms with Crippen LogP contribution in [0.1, 0.15) is 46.5 Å². The highest BCUT2D eigenvalue weighted by atomic mass is 16.4. The van der Waals surface area contributed by atoms with Gasteiger partial charge in [0.05, 0.1) is 17.4 Å². The number of carboxylic acids is 2. The third-order valence-corrected chi connectivity index (χ3v) is 4.05. The molecule has 0 aromatic heterocycles. The van der Waals surface area contributed by atoms with Crippen molar-refractivity contribution in [2.45, 2.75) is 46.5 Å². The minimum atomic E-state index is -1.95. The van der Waals surface area contributed by atoms with E-state index in [9.17, 15) is 24.6 Å². The van der Waals surface area contributed by atoms with Crippen LogP contribution in [0, 0.1) is 16.7 Å². The first-order chi connectivity index (χ1) is 9.18. The van der Waals surface area contributed by atoms with E-state index in [0.29, 0.717) is 0 Å². The highest BCUT2D eigenvalue weighted by molar-refractivity contribution is 6.01. The van der Waals surface area contributed by atoms with Gasteiger partial charge in [-0.25, -0.2) is 0 Å². The predicted octanol–water partition coefficient (Wildman–Crippen LogP) is -0.166. The molecule has 0 aliphatic heterocycles. The van der Waals surface area contributed by atoms with Gasteiger partial charge in [-0.3, -0.25) is 4.79 Å². The monoisotopic (exact) mass is 280 g/mol. The zero-order valence-electron chi connectivity index (χ0n) is 12.1. The summed E-state index contributed by atoms with van der Waals surface area (Å²) in [7, 11) is 0. The number of hydrogen-bond donors (Lipinski definition) is 0. The molecular formula is C15H20O5-2. The maximum Gasteiger partial charge on any atom is 0.160 e. The van der Waals surface area contributed by atoms with Crippen LogP contribution in [0.25, 0.3) is 0 Å². The fourth-order valence-electron chi connectivity index (χ4n) is 2.24. The van der Waals surface area contributed by atoms with Crippen LogP contribution >= 0.6 is 0 Å². The summed E-state index contributed by atoms with van der Waals surface area (Å²) in [6, 6.07) is 0. The summed E-state index contributed by atoms with van der Waals surface area (Å²) in [4.78, 5) is 33.8. The van der Waals surface area contributed by atoms with E-state index in [1.54, 1.807) is 0 Å². The zero-order valence-corrected chi connectivity index (χ0v) is 12.1. The minimum absolute atomic E-state index is 0.0726. The number of allylic oxidation sites excluding steroid dienone is 2. The Morgan fingerprint density at radius 2 is 1.80 bits per heavy atom. The van der Waals surface area contributed by atoms with E-state index in [1.165, 1.54) is 12.2 Å². The molecule has 0 amide bonds. The molecule has 1 aliphatic rings. The van der Waals surface area contributed by atoms with Crippen molar-refractivity contribution in [1.29, 1.82) is 0 Å². The number of hydrogen-bond acceptors (Lipinski definition) is 5. The van der Waals surface area contributed by atoms with Crippen LogP contribution in [0.5, 0.6) is 0 Å². The van der Waals surface area contributed by atoms with Gasteiger partial charge in [0.2, 0.25) is 0 Å². The summed E-state index contributed by atoms with van der Waals surface area (Å²) < 4.78 is 0. The van der Waals surface area contributed by atoms with Crippen LogP contribution in [0.2, 0.25) is 0 Å².